The molecule has 1 aromatic rings. The number of hydrogen-bond acceptors (Lipinski definition) is 0. The maximum Gasteiger partial charge on any atom is 0.123 e. The van der Waals surface area contributed by atoms with Crippen molar-refractivity contribution in [2.45, 2.75) is 20.4 Å². The number of halogens is 1. The maximum absolute atomic E-state index is 12.5. The quantitative estimate of drug-likeness (QED) is 0.727. The highest BCUT2D eigenvalue weighted by atomic mass is 19.1. The number of benzene rings is 1. The van der Waals surface area contributed by atoms with Gasteiger partial charge >= 0.3 is 0 Å². The molecule has 0 saturated carbocycles. The first-order valence-corrected chi connectivity index (χ1v) is 4.74. The summed E-state index contributed by atoms with van der Waals surface area (Å²) in [6.45, 7) is 6.46. The third kappa shape index (κ3) is 4.04. The summed E-state index contributed by atoms with van der Waals surface area (Å²) in [6, 6.07) is 6.70. The third-order valence-corrected chi connectivity index (χ3v) is 1.93. The van der Waals surface area contributed by atoms with Crippen LogP contribution in [0.3, 0.4) is 0 Å². The molecule has 1 nitrogen and oxygen atoms in total. The van der Waals surface area contributed by atoms with E-state index in [1.165, 1.54) is 17.7 Å². The molecule has 0 radical (unpaired) electrons. The molecule has 2 N–H and O–H groups in total. The molecule has 0 unspecified atom stereocenters. The zero-order valence-corrected chi connectivity index (χ0v) is 8.26. The van der Waals surface area contributed by atoms with Crippen molar-refractivity contribution in [2.75, 3.05) is 6.54 Å². The molecule has 0 amide bonds. The van der Waals surface area contributed by atoms with Crippen LogP contribution in [0.2, 0.25) is 0 Å². The zero-order valence-electron chi connectivity index (χ0n) is 8.26. The van der Waals surface area contributed by atoms with Crippen molar-refractivity contribution in [2.24, 2.45) is 5.92 Å². The fourth-order valence-corrected chi connectivity index (χ4v) is 1.20. The van der Waals surface area contributed by atoms with Gasteiger partial charge in [0.1, 0.15) is 12.4 Å². The molecule has 0 aliphatic heterocycles. The first-order chi connectivity index (χ1) is 6.18. The minimum absolute atomic E-state index is 0.160. The first-order valence-electron chi connectivity index (χ1n) is 4.74. The van der Waals surface area contributed by atoms with E-state index in [0.717, 1.165) is 13.1 Å². The summed E-state index contributed by atoms with van der Waals surface area (Å²) in [4.78, 5) is 0. The van der Waals surface area contributed by atoms with Crippen LogP contribution in [0.1, 0.15) is 19.4 Å². The van der Waals surface area contributed by atoms with Crippen molar-refractivity contribution >= 4 is 0 Å². The number of nitrogens with two attached hydrogens (primary N) is 1. The van der Waals surface area contributed by atoms with Gasteiger partial charge in [-0.1, -0.05) is 26.0 Å². The Balaban J connectivity index is 2.33. The normalized spacial score (nSPS) is 10.8. The van der Waals surface area contributed by atoms with E-state index in [1.54, 1.807) is 0 Å². The molecule has 0 atom stereocenters. The van der Waals surface area contributed by atoms with Crippen molar-refractivity contribution in [1.82, 2.24) is 0 Å². The van der Waals surface area contributed by atoms with Gasteiger partial charge in [-0.2, -0.15) is 0 Å². The molecule has 1 rings (SSSR count). The van der Waals surface area contributed by atoms with Gasteiger partial charge in [0, 0.05) is 11.5 Å². The number of rotatable bonds is 4. The van der Waals surface area contributed by atoms with Gasteiger partial charge in [0.2, 0.25) is 0 Å². The van der Waals surface area contributed by atoms with Gasteiger partial charge in [0.05, 0.1) is 6.54 Å². The predicted molar refractivity (Wildman–Crippen MR) is 51.7 cm³/mol. The van der Waals surface area contributed by atoms with E-state index in [1.807, 2.05) is 12.1 Å². The molecule has 72 valence electrons. The molecule has 0 aromatic heterocycles. The minimum Gasteiger partial charge on any atom is -0.342 e. The highest BCUT2D eigenvalue weighted by Gasteiger charge is 1.98. The van der Waals surface area contributed by atoms with Crippen LogP contribution in [0.25, 0.3) is 0 Å². The lowest BCUT2D eigenvalue weighted by molar-refractivity contribution is -0.675. The Bertz CT molecular complexity index is 241. The summed E-state index contributed by atoms with van der Waals surface area (Å²) in [5.74, 6) is 0.549. The molecule has 13 heavy (non-hydrogen) atoms. The summed E-state index contributed by atoms with van der Waals surface area (Å²) in [5.41, 5.74) is 1.18. The van der Waals surface area contributed by atoms with E-state index < -0.39 is 0 Å². The summed E-state index contributed by atoms with van der Waals surface area (Å²) in [6.07, 6.45) is 0. The van der Waals surface area contributed by atoms with Gasteiger partial charge in [-0.25, -0.2) is 4.39 Å². The Kier molecular flexibility index (Phi) is 3.90. The van der Waals surface area contributed by atoms with Gasteiger partial charge in [-0.15, -0.1) is 0 Å². The monoisotopic (exact) mass is 182 g/mol. The van der Waals surface area contributed by atoms with Crippen LogP contribution >= 0.6 is 0 Å². The summed E-state index contributed by atoms with van der Waals surface area (Å²) in [7, 11) is 0. The lowest BCUT2D eigenvalue weighted by Gasteiger charge is -2.03. The van der Waals surface area contributed by atoms with E-state index in [-0.39, 0.29) is 5.82 Å². The molecule has 0 fully saturated rings. The van der Waals surface area contributed by atoms with Crippen LogP contribution in [0.15, 0.2) is 24.3 Å². The molecule has 1 aromatic carbocycles. The summed E-state index contributed by atoms with van der Waals surface area (Å²) >= 11 is 0. The SMILES string of the molecule is CC(C)C[NH2+]Cc1ccc(F)cc1. The fourth-order valence-electron chi connectivity index (χ4n) is 1.20. The molecule has 0 aliphatic carbocycles. The van der Waals surface area contributed by atoms with Gasteiger partial charge in [-0.3, -0.25) is 0 Å². The highest BCUT2D eigenvalue weighted by Crippen LogP contribution is 2.00. The van der Waals surface area contributed by atoms with E-state index in [2.05, 4.69) is 19.2 Å². The van der Waals surface area contributed by atoms with E-state index >= 15 is 0 Å². The predicted octanol–water partition coefficient (Wildman–Crippen LogP) is 1.55. The molecular formula is C11H17FN+. The molecular weight excluding hydrogens is 165 g/mol. The topological polar surface area (TPSA) is 16.6 Å². The average Bonchev–Trinajstić information content (AvgIpc) is 2.08. The second-order valence-electron chi connectivity index (χ2n) is 3.75. The fraction of sp³-hybridized carbons (Fsp3) is 0.455. The van der Waals surface area contributed by atoms with Crippen LogP contribution in [-0.2, 0) is 6.54 Å². The lowest BCUT2D eigenvalue weighted by atomic mass is 10.2. The standard InChI is InChI=1S/C11H16FN/c1-9(2)7-13-8-10-3-5-11(12)6-4-10/h3-6,9,13H,7-8H2,1-2H3/p+1. The molecule has 0 aliphatic rings. The first kappa shape index (κ1) is 10.2. The number of hydrogen-bond donors (Lipinski definition) is 1. The van der Waals surface area contributed by atoms with Crippen molar-refractivity contribution < 1.29 is 9.71 Å². The molecule has 0 heterocycles. The molecule has 2 heteroatoms. The lowest BCUT2D eigenvalue weighted by Crippen LogP contribution is -2.83. The van der Waals surface area contributed by atoms with Gasteiger partial charge in [0.15, 0.2) is 0 Å². The Morgan fingerprint density at radius 2 is 1.85 bits per heavy atom. The Morgan fingerprint density at radius 3 is 2.38 bits per heavy atom. The van der Waals surface area contributed by atoms with E-state index in [0.29, 0.717) is 5.92 Å². The van der Waals surface area contributed by atoms with Gasteiger partial charge in [-0.05, 0) is 12.1 Å². The van der Waals surface area contributed by atoms with Crippen LogP contribution in [-0.4, -0.2) is 6.54 Å². The molecule has 0 spiro atoms. The zero-order chi connectivity index (χ0) is 9.68. The molecule has 0 saturated heterocycles. The van der Waals surface area contributed by atoms with Gasteiger partial charge < -0.3 is 5.32 Å². The Morgan fingerprint density at radius 1 is 1.23 bits per heavy atom. The summed E-state index contributed by atoms with van der Waals surface area (Å²) < 4.78 is 12.5. The van der Waals surface area contributed by atoms with Crippen molar-refractivity contribution in [1.29, 1.82) is 0 Å². The average molecular weight is 182 g/mol. The van der Waals surface area contributed by atoms with E-state index in [4.69, 9.17) is 0 Å². The summed E-state index contributed by atoms with van der Waals surface area (Å²) in [5, 5.41) is 2.25. The Labute approximate surface area is 79.0 Å². The van der Waals surface area contributed by atoms with Crippen molar-refractivity contribution in [3.63, 3.8) is 0 Å². The minimum atomic E-state index is -0.160. The van der Waals surface area contributed by atoms with Crippen LogP contribution in [0.4, 0.5) is 4.39 Å². The largest absolute Gasteiger partial charge is 0.342 e. The maximum atomic E-state index is 12.5. The molecule has 0 bridgehead atoms. The van der Waals surface area contributed by atoms with Crippen LogP contribution < -0.4 is 5.32 Å². The third-order valence-electron chi connectivity index (χ3n) is 1.93. The van der Waals surface area contributed by atoms with Gasteiger partial charge in [0.25, 0.3) is 0 Å². The smallest absolute Gasteiger partial charge is 0.123 e. The van der Waals surface area contributed by atoms with Crippen LogP contribution in [0.5, 0.6) is 0 Å². The van der Waals surface area contributed by atoms with Crippen molar-refractivity contribution in [3.8, 4) is 0 Å². The highest BCUT2D eigenvalue weighted by molar-refractivity contribution is 5.14. The second kappa shape index (κ2) is 4.97. The van der Waals surface area contributed by atoms with Crippen molar-refractivity contribution in [3.05, 3.63) is 35.6 Å². The van der Waals surface area contributed by atoms with Crippen LogP contribution in [0, 0.1) is 11.7 Å². The second-order valence-corrected chi connectivity index (χ2v) is 3.75. The van der Waals surface area contributed by atoms with E-state index in [9.17, 15) is 4.39 Å². The number of quaternary nitrogens is 1. The Hall–Kier alpha value is -0.890.